The van der Waals surface area contributed by atoms with E-state index < -0.39 is 0 Å². The molecule has 1 aromatic heterocycles. The van der Waals surface area contributed by atoms with Gasteiger partial charge in [-0.25, -0.2) is 4.98 Å². The number of hydrogen-bond donors (Lipinski definition) is 1. The van der Waals surface area contributed by atoms with E-state index in [1.54, 1.807) is 7.11 Å². The summed E-state index contributed by atoms with van der Waals surface area (Å²) in [4.78, 5) is 4.46. The predicted octanol–water partition coefficient (Wildman–Crippen LogP) is 1.28. The van der Waals surface area contributed by atoms with E-state index in [-0.39, 0.29) is 12.0 Å². The smallest absolute Gasteiger partial charge is 0.202 e. The number of rotatable bonds is 2. The number of fused-ring (bicyclic) bond motifs is 1. The van der Waals surface area contributed by atoms with Gasteiger partial charge in [0.1, 0.15) is 5.75 Å². The number of para-hydroxylation sites is 1. The van der Waals surface area contributed by atoms with Gasteiger partial charge < -0.3 is 19.6 Å². The Hall–Kier alpha value is -1.59. The quantitative estimate of drug-likeness (QED) is 0.847. The average Bonchev–Trinajstić information content (AvgIpc) is 2.93. The number of nitrogens with zero attached hydrogens (tertiary/aromatic N) is 1. The number of methoxy groups -OCH3 is 1. The number of nitrogens with two attached hydrogens (primary N) is 1. The monoisotopic (exact) mass is 234 g/mol. The van der Waals surface area contributed by atoms with Crippen LogP contribution in [0.15, 0.2) is 22.6 Å². The highest BCUT2D eigenvalue weighted by atomic mass is 16.5. The van der Waals surface area contributed by atoms with Gasteiger partial charge in [-0.3, -0.25) is 0 Å². The van der Waals surface area contributed by atoms with Crippen LogP contribution in [0.25, 0.3) is 11.1 Å². The maximum absolute atomic E-state index is 5.95. The van der Waals surface area contributed by atoms with Crippen molar-refractivity contribution in [1.82, 2.24) is 4.98 Å². The molecule has 3 rings (SSSR count). The molecule has 1 aliphatic rings. The van der Waals surface area contributed by atoms with Gasteiger partial charge >= 0.3 is 0 Å². The third-order valence-corrected chi connectivity index (χ3v) is 3.06. The first kappa shape index (κ1) is 10.6. The molecule has 1 saturated heterocycles. The number of ether oxygens (including phenoxy) is 2. The molecule has 0 amide bonds. The van der Waals surface area contributed by atoms with E-state index in [1.807, 2.05) is 18.2 Å². The van der Waals surface area contributed by atoms with Crippen LogP contribution in [0.5, 0.6) is 5.75 Å². The lowest BCUT2D eigenvalue weighted by molar-refractivity contribution is 0.188. The van der Waals surface area contributed by atoms with Gasteiger partial charge in [0.15, 0.2) is 11.1 Å². The maximum atomic E-state index is 5.95. The summed E-state index contributed by atoms with van der Waals surface area (Å²) in [7, 11) is 1.62. The number of hydrogen-bond acceptors (Lipinski definition) is 5. The highest BCUT2D eigenvalue weighted by Gasteiger charge is 2.31. The second kappa shape index (κ2) is 4.01. The Kier molecular flexibility index (Phi) is 2.49. The van der Waals surface area contributed by atoms with Crippen LogP contribution in [-0.2, 0) is 4.74 Å². The SMILES string of the molecule is COc1cccc2oc(C3COCC3N)nc12. The zero-order valence-electron chi connectivity index (χ0n) is 9.55. The Morgan fingerprint density at radius 2 is 2.29 bits per heavy atom. The molecule has 90 valence electrons. The highest BCUT2D eigenvalue weighted by Crippen LogP contribution is 2.31. The van der Waals surface area contributed by atoms with Crippen LogP contribution in [-0.4, -0.2) is 31.3 Å². The molecule has 2 N–H and O–H groups in total. The van der Waals surface area contributed by atoms with Gasteiger partial charge in [-0.15, -0.1) is 0 Å². The first-order valence-corrected chi connectivity index (χ1v) is 5.56. The van der Waals surface area contributed by atoms with E-state index in [2.05, 4.69) is 4.98 Å². The molecule has 5 heteroatoms. The molecule has 0 radical (unpaired) electrons. The molecule has 5 nitrogen and oxygen atoms in total. The normalized spacial score (nSPS) is 24.4. The predicted molar refractivity (Wildman–Crippen MR) is 62.1 cm³/mol. The fourth-order valence-electron chi connectivity index (χ4n) is 2.09. The summed E-state index contributed by atoms with van der Waals surface area (Å²) >= 11 is 0. The number of benzene rings is 1. The molecule has 2 atom stereocenters. The third kappa shape index (κ3) is 1.67. The molecule has 0 bridgehead atoms. The van der Waals surface area contributed by atoms with Gasteiger partial charge in [0.05, 0.1) is 26.2 Å². The van der Waals surface area contributed by atoms with E-state index >= 15 is 0 Å². The van der Waals surface area contributed by atoms with Crippen molar-refractivity contribution in [2.24, 2.45) is 5.73 Å². The van der Waals surface area contributed by atoms with Crippen LogP contribution in [0, 0.1) is 0 Å². The zero-order valence-corrected chi connectivity index (χ0v) is 9.55. The number of aromatic nitrogens is 1. The molecule has 1 fully saturated rings. The van der Waals surface area contributed by atoms with Gasteiger partial charge in [-0.1, -0.05) is 6.07 Å². The Balaban J connectivity index is 2.07. The lowest BCUT2D eigenvalue weighted by Gasteiger charge is -2.07. The number of oxazole rings is 1. The summed E-state index contributed by atoms with van der Waals surface area (Å²) in [5.41, 5.74) is 7.41. The van der Waals surface area contributed by atoms with Gasteiger partial charge in [-0.05, 0) is 12.1 Å². The lowest BCUT2D eigenvalue weighted by atomic mass is 10.1. The molecule has 0 saturated carbocycles. The Bertz CT molecular complexity index is 538. The molecule has 17 heavy (non-hydrogen) atoms. The van der Waals surface area contributed by atoms with E-state index in [0.717, 1.165) is 11.1 Å². The van der Waals surface area contributed by atoms with Gasteiger partial charge in [0, 0.05) is 6.04 Å². The summed E-state index contributed by atoms with van der Waals surface area (Å²) < 4.78 is 16.3. The molecule has 2 heterocycles. The van der Waals surface area contributed by atoms with Crippen molar-refractivity contribution in [2.45, 2.75) is 12.0 Å². The third-order valence-electron chi connectivity index (χ3n) is 3.06. The Labute approximate surface area is 98.5 Å². The van der Waals surface area contributed by atoms with Crippen molar-refractivity contribution < 1.29 is 13.9 Å². The molecule has 2 unspecified atom stereocenters. The van der Waals surface area contributed by atoms with Crippen LogP contribution < -0.4 is 10.5 Å². The Morgan fingerprint density at radius 3 is 3.00 bits per heavy atom. The van der Waals surface area contributed by atoms with Crippen LogP contribution in [0.1, 0.15) is 11.8 Å². The van der Waals surface area contributed by atoms with E-state index in [4.69, 9.17) is 19.6 Å². The average molecular weight is 234 g/mol. The van der Waals surface area contributed by atoms with Gasteiger partial charge in [0.2, 0.25) is 5.89 Å². The lowest BCUT2D eigenvalue weighted by Crippen LogP contribution is -2.26. The minimum atomic E-state index is -0.0472. The van der Waals surface area contributed by atoms with Crippen LogP contribution in [0.4, 0.5) is 0 Å². The molecular weight excluding hydrogens is 220 g/mol. The summed E-state index contributed by atoms with van der Waals surface area (Å²) in [6.45, 7) is 1.12. The van der Waals surface area contributed by atoms with E-state index in [9.17, 15) is 0 Å². The van der Waals surface area contributed by atoms with Gasteiger partial charge in [-0.2, -0.15) is 0 Å². The van der Waals surface area contributed by atoms with Crippen molar-refractivity contribution in [2.75, 3.05) is 20.3 Å². The van der Waals surface area contributed by atoms with Crippen molar-refractivity contribution >= 4 is 11.1 Å². The zero-order chi connectivity index (χ0) is 11.8. The summed E-state index contributed by atoms with van der Waals surface area (Å²) in [6.07, 6.45) is 0. The second-order valence-corrected chi connectivity index (χ2v) is 4.17. The van der Waals surface area contributed by atoms with Crippen molar-refractivity contribution in [3.63, 3.8) is 0 Å². The summed E-state index contributed by atoms with van der Waals surface area (Å²) in [5, 5.41) is 0. The van der Waals surface area contributed by atoms with Crippen molar-refractivity contribution in [1.29, 1.82) is 0 Å². The van der Waals surface area contributed by atoms with Crippen LogP contribution in [0.3, 0.4) is 0 Å². The fraction of sp³-hybridized carbons (Fsp3) is 0.417. The topological polar surface area (TPSA) is 70.5 Å². The molecule has 0 spiro atoms. The van der Waals surface area contributed by atoms with Gasteiger partial charge in [0.25, 0.3) is 0 Å². The van der Waals surface area contributed by atoms with Crippen LogP contribution >= 0.6 is 0 Å². The first-order chi connectivity index (χ1) is 8.29. The minimum absolute atomic E-state index is 0.0344. The van der Waals surface area contributed by atoms with Crippen molar-refractivity contribution in [3.05, 3.63) is 24.1 Å². The molecular formula is C12H14N2O3. The molecule has 1 aliphatic heterocycles. The summed E-state index contributed by atoms with van der Waals surface area (Å²) in [6, 6.07) is 5.56. The highest BCUT2D eigenvalue weighted by molar-refractivity contribution is 5.79. The fourth-order valence-corrected chi connectivity index (χ4v) is 2.09. The van der Waals surface area contributed by atoms with Crippen molar-refractivity contribution in [3.8, 4) is 5.75 Å². The molecule has 1 aromatic carbocycles. The van der Waals surface area contributed by atoms with Crippen LogP contribution in [0.2, 0.25) is 0 Å². The van der Waals surface area contributed by atoms with E-state index in [0.29, 0.717) is 24.9 Å². The molecule has 0 aliphatic carbocycles. The first-order valence-electron chi connectivity index (χ1n) is 5.56. The van der Waals surface area contributed by atoms with E-state index in [1.165, 1.54) is 0 Å². The molecule has 2 aromatic rings. The largest absolute Gasteiger partial charge is 0.494 e. The minimum Gasteiger partial charge on any atom is -0.494 e. The second-order valence-electron chi connectivity index (χ2n) is 4.17. The summed E-state index contributed by atoms with van der Waals surface area (Å²) in [5.74, 6) is 1.38. The Morgan fingerprint density at radius 1 is 1.41 bits per heavy atom. The maximum Gasteiger partial charge on any atom is 0.202 e. The standard InChI is InChI=1S/C12H14N2O3/c1-15-9-3-2-4-10-11(9)14-12(17-10)7-5-16-6-8(7)13/h2-4,7-8H,5-6,13H2,1H3.